The topological polar surface area (TPSA) is 158 Å². The van der Waals surface area contributed by atoms with E-state index in [1.807, 2.05) is 88.4 Å². The molecule has 0 bridgehead atoms. The molecule has 0 saturated heterocycles. The molecule has 4 aromatic rings. The van der Waals surface area contributed by atoms with Crippen molar-refractivity contribution in [3.05, 3.63) is 131 Å². The van der Waals surface area contributed by atoms with E-state index >= 15 is 0 Å². The molecule has 0 fully saturated rings. The maximum atomic E-state index is 13.3. The van der Waals surface area contributed by atoms with Crippen molar-refractivity contribution in [2.24, 2.45) is 23.7 Å². The Labute approximate surface area is 369 Å². The van der Waals surface area contributed by atoms with E-state index in [4.69, 9.17) is 28.4 Å². The van der Waals surface area contributed by atoms with E-state index < -0.39 is 53.7 Å². The predicted octanol–water partition coefficient (Wildman–Crippen LogP) is 9.36. The summed E-state index contributed by atoms with van der Waals surface area (Å²) in [7, 11) is 2.83. The van der Waals surface area contributed by atoms with Crippen LogP contribution in [0.3, 0.4) is 0 Å². The third-order valence-corrected chi connectivity index (χ3v) is 9.56. The normalized spacial score (nSPS) is 12.2. The Morgan fingerprint density at radius 1 is 0.508 bits per heavy atom. The highest BCUT2D eigenvalue weighted by molar-refractivity contribution is 6.11. The molecule has 0 saturated carbocycles. The molecule has 12 heteroatoms. The van der Waals surface area contributed by atoms with Gasteiger partial charge in [0.2, 0.25) is 0 Å². The Bertz CT molecular complexity index is 2070. The summed E-state index contributed by atoms with van der Waals surface area (Å²) in [4.78, 5) is 77.3. The number of hydrogen-bond donors (Lipinski definition) is 0. The first-order valence-electron chi connectivity index (χ1n) is 20.8. The van der Waals surface area contributed by atoms with Crippen LogP contribution in [0.15, 0.2) is 109 Å². The molecule has 4 aromatic carbocycles. The molecular weight excluding hydrogens is 805 g/mol. The van der Waals surface area contributed by atoms with Gasteiger partial charge >= 0.3 is 23.9 Å². The monoisotopic (exact) mass is 860 g/mol. The van der Waals surface area contributed by atoms with Crippen molar-refractivity contribution in [2.45, 2.75) is 73.0 Å². The first kappa shape index (κ1) is 48.8. The third kappa shape index (κ3) is 17.2. The summed E-state index contributed by atoms with van der Waals surface area (Å²) >= 11 is 0. The second-order valence-corrected chi connectivity index (χ2v) is 15.8. The van der Waals surface area contributed by atoms with Crippen molar-refractivity contribution in [1.29, 1.82) is 0 Å². The number of benzene rings is 4. The number of esters is 4. The van der Waals surface area contributed by atoms with Crippen molar-refractivity contribution >= 4 is 47.6 Å². The SMILES string of the molecule is COc1cc(/C=C/C(=O)CC(=O)/C=C/c2ccc(OC(=O)[C@@H](CC(=O)OCc3ccccc3)CC(C)C)c(OC)c2)ccc1OC(=O)[C@@H](CC(=O)OCc1ccccc1)CC(C)C. The van der Waals surface area contributed by atoms with E-state index in [-0.39, 0.29) is 60.9 Å². The van der Waals surface area contributed by atoms with Crippen molar-refractivity contribution in [2.75, 3.05) is 14.2 Å². The fourth-order valence-electron chi connectivity index (χ4n) is 6.46. The highest BCUT2D eigenvalue weighted by Gasteiger charge is 2.28. The van der Waals surface area contributed by atoms with E-state index in [1.54, 1.807) is 24.3 Å². The smallest absolute Gasteiger partial charge is 0.315 e. The van der Waals surface area contributed by atoms with Gasteiger partial charge in [-0.25, -0.2) is 0 Å². The van der Waals surface area contributed by atoms with E-state index in [2.05, 4.69) is 0 Å². The molecule has 0 aliphatic carbocycles. The zero-order chi connectivity index (χ0) is 45.7. The molecule has 2 atom stereocenters. The predicted molar refractivity (Wildman–Crippen MR) is 238 cm³/mol. The highest BCUT2D eigenvalue weighted by Crippen LogP contribution is 2.32. The fourth-order valence-corrected chi connectivity index (χ4v) is 6.46. The molecule has 0 spiro atoms. The standard InChI is InChI=1S/C51H56O12/c1-34(2)25-40(29-48(54)60-32-38-13-9-7-10-14-38)50(56)62-44-23-19-36(27-46(44)58-5)17-21-42(52)31-43(53)22-18-37-20-24-45(47(28-37)59-6)63-51(57)41(26-35(3)4)30-49(55)61-33-39-15-11-8-12-16-39/h7-24,27-28,34-35,40-41H,25-26,29-33H2,1-6H3/b21-17+,22-18+/t40-,41-/m1/s1. The van der Waals surface area contributed by atoms with Gasteiger partial charge in [0.25, 0.3) is 0 Å². The van der Waals surface area contributed by atoms with Crippen LogP contribution in [-0.2, 0) is 51.5 Å². The molecule has 0 aliphatic rings. The van der Waals surface area contributed by atoms with Crippen LogP contribution in [0.25, 0.3) is 12.2 Å². The molecule has 0 heterocycles. The van der Waals surface area contributed by atoms with Crippen molar-refractivity contribution in [1.82, 2.24) is 0 Å². The Morgan fingerprint density at radius 3 is 1.24 bits per heavy atom. The van der Waals surface area contributed by atoms with Gasteiger partial charge < -0.3 is 28.4 Å². The lowest BCUT2D eigenvalue weighted by Crippen LogP contribution is -2.25. The first-order chi connectivity index (χ1) is 30.2. The van der Waals surface area contributed by atoms with Crippen molar-refractivity contribution in [3.8, 4) is 23.0 Å². The Morgan fingerprint density at radius 2 is 0.889 bits per heavy atom. The molecular formula is C51H56O12. The third-order valence-electron chi connectivity index (χ3n) is 9.56. The van der Waals surface area contributed by atoms with Crippen LogP contribution in [0.2, 0.25) is 0 Å². The maximum Gasteiger partial charge on any atom is 0.315 e. The highest BCUT2D eigenvalue weighted by atomic mass is 16.6. The van der Waals surface area contributed by atoms with Gasteiger partial charge in [0.1, 0.15) is 13.2 Å². The van der Waals surface area contributed by atoms with Gasteiger partial charge in [-0.2, -0.15) is 0 Å². The second-order valence-electron chi connectivity index (χ2n) is 15.8. The van der Waals surface area contributed by atoms with Crippen LogP contribution in [-0.4, -0.2) is 49.7 Å². The summed E-state index contributed by atoms with van der Waals surface area (Å²) < 4.78 is 33.1. The number of methoxy groups -OCH3 is 2. The number of rotatable bonds is 24. The van der Waals surface area contributed by atoms with Crippen molar-refractivity contribution in [3.63, 3.8) is 0 Å². The van der Waals surface area contributed by atoms with Gasteiger partial charge in [0.05, 0.1) is 45.3 Å². The molecule has 12 nitrogen and oxygen atoms in total. The Kier molecular flexibility index (Phi) is 19.5. The number of carbonyl (C=O) groups excluding carboxylic acids is 6. The zero-order valence-corrected chi connectivity index (χ0v) is 36.7. The minimum atomic E-state index is -0.739. The van der Waals surface area contributed by atoms with Gasteiger partial charge in [0, 0.05) is 0 Å². The van der Waals surface area contributed by atoms with Gasteiger partial charge in [-0.05, 0) is 83.3 Å². The zero-order valence-electron chi connectivity index (χ0n) is 36.7. The quantitative estimate of drug-likeness (QED) is 0.0285. The molecule has 0 aliphatic heterocycles. The lowest BCUT2D eigenvalue weighted by Gasteiger charge is -2.18. The number of carbonyl (C=O) groups is 6. The Hall–Kier alpha value is -6.82. The van der Waals surface area contributed by atoms with Crippen LogP contribution in [0, 0.1) is 23.7 Å². The van der Waals surface area contributed by atoms with E-state index in [9.17, 15) is 28.8 Å². The minimum Gasteiger partial charge on any atom is -0.493 e. The summed E-state index contributed by atoms with van der Waals surface area (Å²) in [5.41, 5.74) is 2.78. The van der Waals surface area contributed by atoms with Crippen LogP contribution in [0.5, 0.6) is 23.0 Å². The van der Waals surface area contributed by atoms with Crippen molar-refractivity contribution < 1.29 is 57.2 Å². The lowest BCUT2D eigenvalue weighted by atomic mass is 9.94. The minimum absolute atomic E-state index is 0.102. The molecule has 332 valence electrons. The second kappa shape index (κ2) is 25.2. The summed E-state index contributed by atoms with van der Waals surface area (Å²) in [6.45, 7) is 7.99. The van der Waals surface area contributed by atoms with Gasteiger partial charge in [-0.3, -0.25) is 28.8 Å². The largest absolute Gasteiger partial charge is 0.493 e. The number of hydrogen-bond acceptors (Lipinski definition) is 12. The Balaban J connectivity index is 1.30. The number of ketones is 2. The summed E-state index contributed by atoms with van der Waals surface area (Å²) in [5.74, 6) is -3.61. The molecule has 0 N–H and O–H groups in total. The average Bonchev–Trinajstić information content (AvgIpc) is 3.26. The molecule has 63 heavy (non-hydrogen) atoms. The maximum absolute atomic E-state index is 13.3. The van der Waals surface area contributed by atoms with Crippen LogP contribution < -0.4 is 18.9 Å². The number of allylic oxidation sites excluding steroid dienone is 2. The van der Waals surface area contributed by atoms with Gasteiger partial charge in [-0.15, -0.1) is 0 Å². The van der Waals surface area contributed by atoms with Crippen LogP contribution >= 0.6 is 0 Å². The molecule has 0 amide bonds. The first-order valence-corrected chi connectivity index (χ1v) is 20.8. The summed E-state index contributed by atoms with van der Waals surface area (Å²) in [5, 5.41) is 0. The molecule has 4 rings (SSSR count). The summed E-state index contributed by atoms with van der Waals surface area (Å²) in [6.07, 6.45) is 5.71. The van der Waals surface area contributed by atoms with Gasteiger partial charge in [0.15, 0.2) is 34.6 Å². The van der Waals surface area contributed by atoms with Crippen LogP contribution in [0.4, 0.5) is 0 Å². The van der Waals surface area contributed by atoms with E-state index in [1.165, 1.54) is 50.7 Å². The molecule has 0 radical (unpaired) electrons. The number of ether oxygens (including phenoxy) is 6. The molecule has 0 aromatic heterocycles. The van der Waals surface area contributed by atoms with Crippen LogP contribution in [0.1, 0.15) is 82.1 Å². The van der Waals surface area contributed by atoms with E-state index in [0.717, 1.165) is 11.1 Å². The molecule has 0 unspecified atom stereocenters. The lowest BCUT2D eigenvalue weighted by molar-refractivity contribution is -0.151. The average molecular weight is 861 g/mol. The summed E-state index contributed by atoms with van der Waals surface area (Å²) in [6, 6.07) is 28.0. The fraction of sp³-hybridized carbons (Fsp3) is 0.333. The van der Waals surface area contributed by atoms with Gasteiger partial charge in [-0.1, -0.05) is 113 Å². The van der Waals surface area contributed by atoms with E-state index in [0.29, 0.717) is 24.0 Å².